The minimum Gasteiger partial charge on any atom is -0.389 e. The fourth-order valence-corrected chi connectivity index (χ4v) is 2.78. The molecule has 1 aliphatic carbocycles. The highest BCUT2D eigenvalue weighted by Gasteiger charge is 2.32. The van der Waals surface area contributed by atoms with E-state index < -0.39 is 18.0 Å². The average molecular weight is 394 g/mol. The molecule has 0 aliphatic heterocycles. The number of nitrogens with one attached hydrogen (secondary N) is 2. The lowest BCUT2D eigenvalue weighted by Crippen LogP contribution is -2.16. The lowest BCUT2D eigenvalue weighted by molar-refractivity contribution is -0.141. The second-order valence-corrected chi connectivity index (χ2v) is 6.81. The predicted octanol–water partition coefficient (Wildman–Crippen LogP) is 3.78. The molecule has 7 nitrogen and oxygen atoms in total. The maximum atomic E-state index is 12.9. The van der Waals surface area contributed by atoms with Gasteiger partial charge in [0, 0.05) is 17.9 Å². The summed E-state index contributed by atoms with van der Waals surface area (Å²) in [6.07, 6.45) is -0.157. The van der Waals surface area contributed by atoms with Crippen molar-refractivity contribution in [2.75, 3.05) is 10.6 Å². The molecule has 0 amide bonds. The molecule has 10 heteroatoms. The highest BCUT2D eigenvalue weighted by molar-refractivity contribution is 5.64. The van der Waals surface area contributed by atoms with E-state index in [9.17, 15) is 18.3 Å². The van der Waals surface area contributed by atoms with Crippen LogP contribution in [0.2, 0.25) is 0 Å². The van der Waals surface area contributed by atoms with Gasteiger partial charge in [0.05, 0.1) is 6.10 Å². The first kappa shape index (κ1) is 20.0. The smallest absolute Gasteiger partial charge is 0.389 e. The van der Waals surface area contributed by atoms with E-state index in [0.29, 0.717) is 24.6 Å². The van der Waals surface area contributed by atoms with Gasteiger partial charge in [-0.05, 0) is 56.9 Å². The lowest BCUT2D eigenvalue weighted by Gasteiger charge is -2.18. The van der Waals surface area contributed by atoms with Gasteiger partial charge in [0.25, 0.3) is 0 Å². The number of anilines is 3. The Balaban J connectivity index is 1.95. The Morgan fingerprint density at radius 1 is 1.18 bits per heavy atom. The van der Waals surface area contributed by atoms with Gasteiger partial charge < -0.3 is 15.7 Å². The molecule has 0 fully saturated rings. The zero-order chi connectivity index (χ0) is 20.3. The van der Waals surface area contributed by atoms with Gasteiger partial charge >= 0.3 is 6.18 Å². The van der Waals surface area contributed by atoms with Crippen molar-refractivity contribution in [3.63, 3.8) is 0 Å². The second-order valence-electron chi connectivity index (χ2n) is 6.81. The minimum atomic E-state index is -4.55. The minimum absolute atomic E-state index is 0.0479. The van der Waals surface area contributed by atoms with Crippen LogP contribution in [0.25, 0.3) is 5.57 Å². The van der Waals surface area contributed by atoms with E-state index in [0.717, 1.165) is 24.3 Å². The molecule has 2 aromatic heterocycles. The zero-order valence-electron chi connectivity index (χ0n) is 15.5. The highest BCUT2D eigenvalue weighted by atomic mass is 19.4. The second kappa shape index (κ2) is 8.09. The molecule has 3 N–H and O–H groups in total. The van der Waals surface area contributed by atoms with Crippen molar-refractivity contribution in [1.29, 1.82) is 0 Å². The third kappa shape index (κ3) is 5.16. The summed E-state index contributed by atoms with van der Waals surface area (Å²) in [6.45, 7) is 3.83. The molecular formula is C18H21F3N6O. The van der Waals surface area contributed by atoms with Crippen LogP contribution in [0.1, 0.15) is 44.6 Å². The Morgan fingerprint density at radius 2 is 1.93 bits per heavy atom. The highest BCUT2D eigenvalue weighted by Crippen LogP contribution is 2.30. The largest absolute Gasteiger partial charge is 0.433 e. The number of hydrogen-bond acceptors (Lipinski definition) is 7. The fourth-order valence-electron chi connectivity index (χ4n) is 2.78. The van der Waals surface area contributed by atoms with Crippen molar-refractivity contribution in [2.45, 2.75) is 51.4 Å². The van der Waals surface area contributed by atoms with Crippen LogP contribution in [-0.2, 0) is 6.18 Å². The molecule has 2 aromatic rings. The number of alkyl halides is 3. The van der Waals surface area contributed by atoms with Crippen molar-refractivity contribution in [3.8, 4) is 0 Å². The molecule has 0 saturated heterocycles. The van der Waals surface area contributed by atoms with Gasteiger partial charge in [-0.15, -0.1) is 0 Å². The third-order valence-corrected chi connectivity index (χ3v) is 3.99. The Morgan fingerprint density at radius 3 is 2.61 bits per heavy atom. The molecule has 28 heavy (non-hydrogen) atoms. The van der Waals surface area contributed by atoms with Crippen LogP contribution in [0.5, 0.6) is 0 Å². The number of aromatic nitrogens is 4. The summed E-state index contributed by atoms with van der Waals surface area (Å²) in [6, 6.07) is 2.34. The lowest BCUT2D eigenvalue weighted by atomic mass is 9.97. The van der Waals surface area contributed by atoms with Gasteiger partial charge in [-0.1, -0.05) is 0 Å². The van der Waals surface area contributed by atoms with Gasteiger partial charge in [0.15, 0.2) is 5.82 Å². The van der Waals surface area contributed by atoms with Crippen molar-refractivity contribution < 1.29 is 18.3 Å². The Kier molecular flexibility index (Phi) is 5.78. The number of allylic oxidation sites excluding steroid dienone is 1. The summed E-state index contributed by atoms with van der Waals surface area (Å²) in [5.41, 5.74) is -0.0697. The number of aliphatic hydroxyl groups is 1. The molecule has 150 valence electrons. The molecular weight excluding hydrogens is 373 g/mol. The number of rotatable bonds is 5. The van der Waals surface area contributed by atoms with E-state index in [4.69, 9.17) is 0 Å². The fraction of sp³-hybridized carbons (Fsp3) is 0.444. The number of hydrogen-bond donors (Lipinski definition) is 3. The van der Waals surface area contributed by atoms with Crippen LogP contribution in [0.3, 0.4) is 0 Å². The maximum absolute atomic E-state index is 12.9. The zero-order valence-corrected chi connectivity index (χ0v) is 15.5. The van der Waals surface area contributed by atoms with E-state index in [1.165, 1.54) is 6.07 Å². The summed E-state index contributed by atoms with van der Waals surface area (Å²) < 4.78 is 38.7. The van der Waals surface area contributed by atoms with Crippen LogP contribution in [0.15, 0.2) is 24.4 Å². The van der Waals surface area contributed by atoms with Crippen molar-refractivity contribution in [2.24, 2.45) is 0 Å². The third-order valence-electron chi connectivity index (χ3n) is 3.99. The summed E-state index contributed by atoms with van der Waals surface area (Å²) in [4.78, 5) is 16.3. The first-order chi connectivity index (χ1) is 13.2. The van der Waals surface area contributed by atoms with Crippen LogP contribution in [-0.4, -0.2) is 37.2 Å². The molecule has 3 rings (SSSR count). The molecule has 1 aliphatic rings. The Labute approximate surface area is 160 Å². The number of halogens is 3. The molecule has 0 aromatic carbocycles. The molecule has 0 radical (unpaired) electrons. The standard InChI is InChI=1S/C18H21F3N6O/c1-10(2)23-16-25-15(11-4-3-5-13(28)8-11)26-17(27-16)24-12-6-7-22-14(9-12)18(19,20)21/h6-10,13,28H,3-5H2,1-2H3,(H2,22,23,24,25,26,27). The molecule has 1 atom stereocenters. The van der Waals surface area contributed by atoms with Gasteiger partial charge in [0.1, 0.15) is 5.69 Å². The monoisotopic (exact) mass is 394 g/mol. The van der Waals surface area contributed by atoms with E-state index in [2.05, 4.69) is 30.6 Å². The Hall–Kier alpha value is -2.75. The van der Waals surface area contributed by atoms with E-state index >= 15 is 0 Å². The summed E-state index contributed by atoms with van der Waals surface area (Å²) in [5.74, 6) is 0.784. The van der Waals surface area contributed by atoms with Crippen LogP contribution < -0.4 is 10.6 Å². The van der Waals surface area contributed by atoms with Gasteiger partial charge in [-0.3, -0.25) is 4.98 Å². The summed E-state index contributed by atoms with van der Waals surface area (Å²) in [5, 5.41) is 15.7. The predicted molar refractivity (Wildman–Crippen MR) is 98.9 cm³/mol. The van der Waals surface area contributed by atoms with Crippen LogP contribution in [0.4, 0.5) is 30.8 Å². The Bertz CT molecular complexity index is 869. The van der Waals surface area contributed by atoms with Gasteiger partial charge in [0.2, 0.25) is 11.9 Å². The van der Waals surface area contributed by atoms with E-state index in [1.54, 1.807) is 6.08 Å². The average Bonchev–Trinajstić information content (AvgIpc) is 2.60. The van der Waals surface area contributed by atoms with Crippen molar-refractivity contribution in [1.82, 2.24) is 19.9 Å². The SMILES string of the molecule is CC(C)Nc1nc(Nc2ccnc(C(F)(F)F)c2)nc(C2=CC(O)CCC2)n1. The van der Waals surface area contributed by atoms with Crippen LogP contribution >= 0.6 is 0 Å². The first-order valence-electron chi connectivity index (χ1n) is 8.93. The van der Waals surface area contributed by atoms with E-state index in [1.807, 2.05) is 13.8 Å². The summed E-state index contributed by atoms with van der Waals surface area (Å²) >= 11 is 0. The molecule has 0 bridgehead atoms. The molecule has 2 heterocycles. The molecule has 0 spiro atoms. The topological polar surface area (TPSA) is 95.9 Å². The maximum Gasteiger partial charge on any atom is 0.433 e. The first-order valence-corrected chi connectivity index (χ1v) is 8.93. The number of nitrogens with zero attached hydrogens (tertiary/aromatic N) is 4. The molecule has 1 unspecified atom stereocenters. The molecule has 0 saturated carbocycles. The van der Waals surface area contributed by atoms with E-state index in [-0.39, 0.29) is 17.7 Å². The summed E-state index contributed by atoms with van der Waals surface area (Å²) in [7, 11) is 0. The van der Waals surface area contributed by atoms with Crippen LogP contribution in [0, 0.1) is 0 Å². The van der Waals surface area contributed by atoms with Gasteiger partial charge in [-0.2, -0.15) is 28.1 Å². The van der Waals surface area contributed by atoms with Gasteiger partial charge in [-0.25, -0.2) is 0 Å². The normalized spacial score (nSPS) is 17.4. The number of aliphatic hydroxyl groups excluding tert-OH is 1. The quantitative estimate of drug-likeness (QED) is 0.710. The number of pyridine rings is 1. The van der Waals surface area contributed by atoms with Crippen molar-refractivity contribution in [3.05, 3.63) is 35.9 Å². The van der Waals surface area contributed by atoms with Crippen molar-refractivity contribution >= 4 is 23.2 Å².